The van der Waals surface area contributed by atoms with Crippen molar-refractivity contribution in [2.45, 2.75) is 40.0 Å². The number of rotatable bonds is 15. The number of pyridine rings is 6. The van der Waals surface area contributed by atoms with Gasteiger partial charge in [0.25, 0.3) is 0 Å². The zero-order valence-electron chi connectivity index (χ0n) is 67.6. The largest absolute Gasteiger partial charge is 3.00 e. The van der Waals surface area contributed by atoms with Crippen molar-refractivity contribution < 1.29 is 78.6 Å². The van der Waals surface area contributed by atoms with Gasteiger partial charge in [0.2, 0.25) is 0 Å². The summed E-state index contributed by atoms with van der Waals surface area (Å²) in [5, 5.41) is 36.0. The van der Waals surface area contributed by atoms with Gasteiger partial charge in [-0.3, -0.25) is 28.8 Å². The summed E-state index contributed by atoms with van der Waals surface area (Å²) in [5.74, 6) is -10.3. The number of para-hydroxylation sites is 6. The van der Waals surface area contributed by atoms with Crippen molar-refractivity contribution in [3.05, 3.63) is 400 Å². The van der Waals surface area contributed by atoms with Gasteiger partial charge in [-0.05, 0) is 93.6 Å². The molecule has 0 saturated carbocycles. The van der Waals surface area contributed by atoms with E-state index in [1.165, 1.54) is 32.3 Å². The molecule has 0 atom stereocenters. The number of carboxylic acid groups (broad SMARTS) is 3. The third kappa shape index (κ3) is 29.3. The van der Waals surface area contributed by atoms with Crippen LogP contribution in [0.15, 0.2) is 400 Å². The van der Waals surface area contributed by atoms with Crippen LogP contribution < -0.4 is 15.3 Å². The predicted molar refractivity (Wildman–Crippen MR) is 479 cm³/mol. The number of carboxylic acids is 3. The van der Waals surface area contributed by atoms with E-state index in [1.54, 1.807) is 0 Å². The van der Waals surface area contributed by atoms with E-state index in [0.29, 0.717) is 0 Å². The normalized spacial score (nSPS) is 9.99. The van der Waals surface area contributed by atoms with Crippen LogP contribution in [0.2, 0.25) is 0 Å². The first-order valence-corrected chi connectivity index (χ1v) is 38.9. The molecule has 6 heterocycles. The molecule has 18 rings (SSSR count). The molecule has 0 aliphatic rings. The third-order valence-electron chi connectivity index (χ3n) is 17.9. The Kier molecular flexibility index (Phi) is 35.9. The molecule has 0 aliphatic heterocycles. The summed E-state index contributed by atoms with van der Waals surface area (Å²) in [5.41, 5.74) is 19.4. The number of Topliss-reactive ketones (excluding diaryl/α,β-unsaturated/α-hetero) is 6. The van der Waals surface area contributed by atoms with Gasteiger partial charge in [0.1, 0.15) is 35.3 Å². The Morgan fingerprint density at radius 2 is 0.315 bits per heavy atom. The van der Waals surface area contributed by atoms with Crippen LogP contribution in [0.1, 0.15) is 40.0 Å². The molecule has 12 aromatic carbocycles. The number of nitrogens with zero attached hydrogens (tertiary/aromatic N) is 6. The van der Waals surface area contributed by atoms with Gasteiger partial charge in [-0.1, -0.05) is 328 Å². The molecule has 612 valence electrons. The number of aromatic nitrogens is 6. The molecular formula is C105H81IrN6O12. The summed E-state index contributed by atoms with van der Waals surface area (Å²) in [4.78, 5) is 117. The summed E-state index contributed by atoms with van der Waals surface area (Å²) in [6.07, 6.45) is -1.70. The second-order valence-electron chi connectivity index (χ2n) is 27.3. The van der Waals surface area contributed by atoms with Crippen molar-refractivity contribution in [1.29, 1.82) is 0 Å². The summed E-state index contributed by atoms with van der Waals surface area (Å²) >= 11 is 0. The van der Waals surface area contributed by atoms with Crippen LogP contribution in [-0.2, 0) is 63.3 Å². The fourth-order valence-electron chi connectivity index (χ4n) is 11.9. The van der Waals surface area contributed by atoms with Gasteiger partial charge in [0, 0.05) is 65.7 Å². The van der Waals surface area contributed by atoms with Crippen molar-refractivity contribution in [3.8, 4) is 67.5 Å². The molecule has 0 fully saturated rings. The van der Waals surface area contributed by atoms with E-state index in [1.807, 2.05) is 218 Å². The summed E-state index contributed by atoms with van der Waals surface area (Å²) in [6.45, 7) is 3.42. The third-order valence-corrected chi connectivity index (χ3v) is 17.9. The number of benzene rings is 12. The Morgan fingerprint density at radius 1 is 0.185 bits per heavy atom. The molecule has 0 amide bonds. The van der Waals surface area contributed by atoms with Crippen molar-refractivity contribution >= 4 is 118 Å². The number of hydrogen-bond donors (Lipinski definition) is 0. The number of fused-ring (bicyclic) bond motifs is 6. The maximum absolute atomic E-state index is 10.1. The Balaban J connectivity index is 0.000000160. The Morgan fingerprint density at radius 3 is 0.435 bits per heavy atom. The summed E-state index contributed by atoms with van der Waals surface area (Å²) in [7, 11) is 0. The van der Waals surface area contributed by atoms with E-state index in [2.05, 4.69) is 212 Å². The molecule has 0 spiro atoms. The van der Waals surface area contributed by atoms with Gasteiger partial charge in [-0.25, -0.2) is 29.9 Å². The minimum absolute atomic E-state index is 0. The first kappa shape index (κ1) is 92.1. The second kappa shape index (κ2) is 48.3. The zero-order valence-corrected chi connectivity index (χ0v) is 70.0. The zero-order chi connectivity index (χ0) is 87.1. The predicted octanol–water partition coefficient (Wildman–Crippen LogP) is 18.3. The Labute approximate surface area is 729 Å². The van der Waals surface area contributed by atoms with E-state index in [4.69, 9.17) is 0 Å². The number of carbonyl (C=O) groups excluding carboxylic acids is 9. The van der Waals surface area contributed by atoms with Crippen LogP contribution >= 0.6 is 0 Å². The van der Waals surface area contributed by atoms with Gasteiger partial charge in [0.15, 0.2) is 17.3 Å². The smallest absolute Gasteiger partial charge is 0.542 e. The van der Waals surface area contributed by atoms with Crippen LogP contribution in [0.4, 0.5) is 0 Å². The van der Waals surface area contributed by atoms with Crippen LogP contribution in [0.25, 0.3) is 133 Å². The molecule has 0 radical (unpaired) electrons. The molecule has 18 nitrogen and oxygen atoms in total. The van der Waals surface area contributed by atoms with E-state index >= 15 is 0 Å². The van der Waals surface area contributed by atoms with Crippen LogP contribution in [0.5, 0.6) is 0 Å². The molecule has 0 unspecified atom stereocenters. The second-order valence-corrected chi connectivity index (χ2v) is 27.3. The molecule has 0 saturated heterocycles. The number of carbonyl (C=O) groups is 9. The first-order valence-electron chi connectivity index (χ1n) is 38.9. The SMILES string of the molecule is CC(=O)CC(=O)C(=O)[O-].CC(=O)CC(=O)C(=O)[O-].CC(=O)CC(=O)C(=O)[O-].[Ir+3].c1ccc(-c2ccc3ccccc3n2)cc1.c1ccc(-c2ccc3ccccc3n2)cc1.c1ccc(-c2ccc3ccccc3n2)cc1.c1ccc(-c2ccc3ccccc3n2)cc1.c1ccc(-c2ccc3ccccc3n2)cc1.c1ccc(-c2ccc3ccccc3n2)cc1. The van der Waals surface area contributed by atoms with E-state index in [0.717, 1.165) is 121 Å². The maximum atomic E-state index is 10.1. The number of aliphatic carboxylic acids is 3. The van der Waals surface area contributed by atoms with E-state index in [-0.39, 0.29) is 20.1 Å². The van der Waals surface area contributed by atoms with E-state index < -0.39 is 71.9 Å². The van der Waals surface area contributed by atoms with Gasteiger partial charge < -0.3 is 29.7 Å². The van der Waals surface area contributed by atoms with Crippen LogP contribution in [0.3, 0.4) is 0 Å². The molecule has 18 aromatic rings. The molecular weight excluding hydrogens is 1730 g/mol. The van der Waals surface area contributed by atoms with Crippen LogP contribution in [-0.4, -0.2) is 82.5 Å². The number of ketones is 6. The summed E-state index contributed by atoms with van der Waals surface area (Å²) in [6, 6.07) is 136. The Bertz CT molecular complexity index is 5650. The fraction of sp³-hybridized carbons (Fsp3) is 0.0571. The molecule has 0 N–H and O–H groups in total. The molecule has 0 aliphatic carbocycles. The van der Waals surface area contributed by atoms with E-state index in [9.17, 15) is 58.5 Å². The van der Waals surface area contributed by atoms with Gasteiger partial charge >= 0.3 is 20.1 Å². The minimum Gasteiger partial charge on any atom is -0.542 e. The van der Waals surface area contributed by atoms with Crippen molar-refractivity contribution in [2.24, 2.45) is 0 Å². The minimum atomic E-state index is -1.80. The van der Waals surface area contributed by atoms with Gasteiger partial charge in [0.05, 0.1) is 86.5 Å². The van der Waals surface area contributed by atoms with Crippen molar-refractivity contribution in [1.82, 2.24) is 29.9 Å². The molecule has 0 bridgehead atoms. The standard InChI is InChI=1S/6C15H11N.3C5H6O4.Ir/c6*1-2-6-12(7-3-1)15-11-10-13-8-4-5-9-14(13)16-15;3*1-3(6)2-4(7)5(8)9;/h6*1-11H;3*2H2,1H3,(H,8,9);/q;;;;;;;;;+3/p-3. The van der Waals surface area contributed by atoms with Gasteiger partial charge in [-0.15, -0.1) is 0 Å². The monoisotopic (exact) mass is 1810 g/mol. The quantitative estimate of drug-likeness (QED) is 0.0680. The first-order chi connectivity index (χ1) is 59.7. The fourth-order valence-corrected chi connectivity index (χ4v) is 11.9. The molecule has 19 heteroatoms. The van der Waals surface area contributed by atoms with Crippen LogP contribution in [0, 0.1) is 0 Å². The summed E-state index contributed by atoms with van der Waals surface area (Å²) < 4.78 is 0. The molecule has 124 heavy (non-hydrogen) atoms. The van der Waals surface area contributed by atoms with Crippen molar-refractivity contribution in [2.75, 3.05) is 0 Å². The van der Waals surface area contributed by atoms with Crippen molar-refractivity contribution in [3.63, 3.8) is 0 Å². The van der Waals surface area contributed by atoms with Gasteiger partial charge in [-0.2, -0.15) is 0 Å². The average Bonchev–Trinajstić information content (AvgIpc) is 0.853. The molecule has 6 aromatic heterocycles. The number of hydrogen-bond acceptors (Lipinski definition) is 18. The maximum Gasteiger partial charge on any atom is 3.00 e. The topological polar surface area (TPSA) is 300 Å². The Hall–Kier alpha value is -15.8. The average molecular weight is 1810 g/mol.